The van der Waals surface area contributed by atoms with Crippen LogP contribution >= 0.6 is 0 Å². The lowest BCUT2D eigenvalue weighted by atomic mass is 10.2. The molecule has 8 nitrogen and oxygen atoms in total. The number of nitrogens with zero attached hydrogens (tertiary/aromatic N) is 3. The van der Waals surface area contributed by atoms with Crippen LogP contribution in [0, 0.1) is 18.3 Å². The highest BCUT2D eigenvalue weighted by Crippen LogP contribution is 2.27. The van der Waals surface area contributed by atoms with E-state index in [4.69, 9.17) is 5.26 Å². The molecule has 3 aromatic rings. The zero-order chi connectivity index (χ0) is 21.8. The van der Waals surface area contributed by atoms with Crippen molar-refractivity contribution in [3.05, 3.63) is 71.4 Å². The summed E-state index contributed by atoms with van der Waals surface area (Å²) >= 11 is 0. The molecular weight excluding hydrogens is 412 g/mol. The van der Waals surface area contributed by atoms with Gasteiger partial charge in [0.1, 0.15) is 5.82 Å². The molecule has 0 radical (unpaired) electrons. The molecule has 1 heterocycles. The van der Waals surface area contributed by atoms with Crippen molar-refractivity contribution in [2.45, 2.75) is 31.6 Å². The number of benzene rings is 2. The maximum atomic E-state index is 12.0. The number of aryl methyl sites for hydroxylation is 1. The molecule has 1 aromatic heterocycles. The van der Waals surface area contributed by atoms with Gasteiger partial charge in [0.2, 0.25) is 16.0 Å². The predicted molar refractivity (Wildman–Crippen MR) is 120 cm³/mol. The molecule has 4 rings (SSSR count). The third-order valence-electron chi connectivity index (χ3n) is 4.88. The summed E-state index contributed by atoms with van der Waals surface area (Å²) in [7, 11) is -3.19. The first-order chi connectivity index (χ1) is 14.9. The average molecular weight is 435 g/mol. The number of hydrogen-bond donors (Lipinski definition) is 3. The number of sulfonamides is 1. The van der Waals surface area contributed by atoms with Crippen molar-refractivity contribution < 1.29 is 8.42 Å². The third-order valence-corrected chi connectivity index (χ3v) is 6.77. The standard InChI is InChI=1S/C22H22N6O2S/c1-15-13-24-22(27-19-4-2-3-17(11-19)12-23)28-21(15)26-18-7-5-16(6-8-18)14-25-31(29,30)20-9-10-20/h2-8,11,13,20,25H,9-10,14H2,1H3,(H2,24,26,27,28). The van der Waals surface area contributed by atoms with Crippen LogP contribution in [0.5, 0.6) is 0 Å². The number of nitriles is 1. The van der Waals surface area contributed by atoms with Crippen LogP contribution in [0.1, 0.15) is 29.5 Å². The highest BCUT2D eigenvalue weighted by molar-refractivity contribution is 7.90. The van der Waals surface area contributed by atoms with Crippen molar-refractivity contribution >= 4 is 33.2 Å². The number of anilines is 4. The van der Waals surface area contributed by atoms with Gasteiger partial charge < -0.3 is 10.6 Å². The smallest absolute Gasteiger partial charge is 0.229 e. The van der Waals surface area contributed by atoms with Crippen LogP contribution in [0.15, 0.2) is 54.7 Å². The topological polar surface area (TPSA) is 120 Å². The molecule has 0 unspecified atom stereocenters. The molecular formula is C22H22N6O2S. The molecule has 3 N–H and O–H groups in total. The summed E-state index contributed by atoms with van der Waals surface area (Å²) in [5.41, 5.74) is 3.86. The van der Waals surface area contributed by atoms with Crippen molar-refractivity contribution in [3.8, 4) is 6.07 Å². The van der Waals surface area contributed by atoms with Gasteiger partial charge in [0.25, 0.3) is 0 Å². The van der Waals surface area contributed by atoms with E-state index in [1.165, 1.54) is 0 Å². The van der Waals surface area contributed by atoms with E-state index in [0.29, 0.717) is 17.3 Å². The van der Waals surface area contributed by atoms with Gasteiger partial charge in [-0.2, -0.15) is 10.2 Å². The fourth-order valence-electron chi connectivity index (χ4n) is 2.95. The Bertz CT molecular complexity index is 1230. The average Bonchev–Trinajstić information content (AvgIpc) is 3.62. The summed E-state index contributed by atoms with van der Waals surface area (Å²) in [4.78, 5) is 8.83. The van der Waals surface area contributed by atoms with Gasteiger partial charge in [0.15, 0.2) is 0 Å². The highest BCUT2D eigenvalue weighted by Gasteiger charge is 2.35. The van der Waals surface area contributed by atoms with Crippen LogP contribution in [-0.4, -0.2) is 23.6 Å². The molecule has 158 valence electrons. The van der Waals surface area contributed by atoms with Crippen LogP contribution in [0.4, 0.5) is 23.1 Å². The fraction of sp³-hybridized carbons (Fsp3) is 0.227. The Balaban J connectivity index is 1.42. The van der Waals surface area contributed by atoms with Gasteiger partial charge in [-0.1, -0.05) is 18.2 Å². The minimum atomic E-state index is -3.19. The van der Waals surface area contributed by atoms with Crippen LogP contribution < -0.4 is 15.4 Å². The Morgan fingerprint density at radius 2 is 1.87 bits per heavy atom. The molecule has 0 amide bonds. The minimum absolute atomic E-state index is 0.223. The van der Waals surface area contributed by atoms with E-state index in [9.17, 15) is 8.42 Å². The van der Waals surface area contributed by atoms with E-state index in [1.807, 2.05) is 37.3 Å². The van der Waals surface area contributed by atoms with Crippen LogP contribution in [0.2, 0.25) is 0 Å². The molecule has 0 bridgehead atoms. The molecule has 1 aliphatic rings. The van der Waals surface area contributed by atoms with Crippen LogP contribution in [0.3, 0.4) is 0 Å². The molecule has 31 heavy (non-hydrogen) atoms. The Labute approximate surface area is 181 Å². The normalized spacial score (nSPS) is 13.4. The molecule has 9 heteroatoms. The first kappa shape index (κ1) is 20.8. The Morgan fingerprint density at radius 1 is 1.10 bits per heavy atom. The monoisotopic (exact) mass is 434 g/mol. The number of rotatable bonds is 8. The molecule has 1 aliphatic carbocycles. The fourth-order valence-corrected chi connectivity index (χ4v) is 4.31. The van der Waals surface area contributed by atoms with Gasteiger partial charge in [-0.25, -0.2) is 18.1 Å². The number of aromatic nitrogens is 2. The highest BCUT2D eigenvalue weighted by atomic mass is 32.2. The number of hydrogen-bond acceptors (Lipinski definition) is 7. The van der Waals surface area contributed by atoms with Gasteiger partial charge in [-0.3, -0.25) is 0 Å². The zero-order valence-electron chi connectivity index (χ0n) is 17.0. The molecule has 0 spiro atoms. The van der Waals surface area contributed by atoms with Gasteiger partial charge in [-0.15, -0.1) is 0 Å². The zero-order valence-corrected chi connectivity index (χ0v) is 17.8. The van der Waals surface area contributed by atoms with Crippen LogP contribution in [-0.2, 0) is 16.6 Å². The summed E-state index contributed by atoms with van der Waals surface area (Å²) in [6, 6.07) is 16.7. The summed E-state index contributed by atoms with van der Waals surface area (Å²) in [5, 5.41) is 15.2. The van der Waals surface area contributed by atoms with Gasteiger partial charge in [-0.05, 0) is 55.7 Å². The third kappa shape index (κ3) is 5.36. The second kappa shape index (κ2) is 8.71. The molecule has 0 saturated heterocycles. The first-order valence-corrected chi connectivity index (χ1v) is 11.4. The lowest BCUT2D eigenvalue weighted by Gasteiger charge is -2.12. The molecule has 1 fully saturated rings. The van der Waals surface area contributed by atoms with E-state index >= 15 is 0 Å². The maximum absolute atomic E-state index is 12.0. The number of nitrogens with one attached hydrogen (secondary N) is 3. The molecule has 1 saturated carbocycles. The second-order valence-corrected chi connectivity index (χ2v) is 9.48. The van der Waals surface area contributed by atoms with Gasteiger partial charge >= 0.3 is 0 Å². The second-order valence-electron chi connectivity index (χ2n) is 7.43. The summed E-state index contributed by atoms with van der Waals surface area (Å²) in [6.07, 6.45) is 3.21. The van der Waals surface area contributed by atoms with E-state index < -0.39 is 10.0 Å². The van der Waals surface area contributed by atoms with E-state index in [1.54, 1.807) is 24.4 Å². The predicted octanol–water partition coefficient (Wildman–Crippen LogP) is 3.73. The van der Waals surface area contributed by atoms with Crippen molar-refractivity contribution in [3.63, 3.8) is 0 Å². The Morgan fingerprint density at radius 3 is 2.58 bits per heavy atom. The molecule has 0 atom stereocenters. The van der Waals surface area contributed by atoms with Crippen molar-refractivity contribution in [2.24, 2.45) is 0 Å². The summed E-state index contributed by atoms with van der Waals surface area (Å²) < 4.78 is 26.6. The molecule has 2 aromatic carbocycles. The van der Waals surface area contributed by atoms with Gasteiger partial charge in [0, 0.05) is 29.7 Å². The van der Waals surface area contributed by atoms with E-state index in [2.05, 4.69) is 31.4 Å². The maximum Gasteiger partial charge on any atom is 0.229 e. The van der Waals surface area contributed by atoms with E-state index in [0.717, 1.165) is 35.3 Å². The van der Waals surface area contributed by atoms with Crippen LogP contribution in [0.25, 0.3) is 0 Å². The quantitative estimate of drug-likeness (QED) is 0.494. The minimum Gasteiger partial charge on any atom is -0.340 e. The largest absolute Gasteiger partial charge is 0.340 e. The summed E-state index contributed by atoms with van der Waals surface area (Å²) in [5.74, 6) is 1.06. The van der Waals surface area contributed by atoms with Crippen molar-refractivity contribution in [1.82, 2.24) is 14.7 Å². The van der Waals surface area contributed by atoms with Crippen molar-refractivity contribution in [1.29, 1.82) is 5.26 Å². The Hall–Kier alpha value is -3.48. The lowest BCUT2D eigenvalue weighted by molar-refractivity contribution is 0.580. The van der Waals surface area contributed by atoms with Gasteiger partial charge in [0.05, 0.1) is 16.9 Å². The van der Waals surface area contributed by atoms with Crippen molar-refractivity contribution in [2.75, 3.05) is 10.6 Å². The summed E-state index contributed by atoms with van der Waals surface area (Å²) in [6.45, 7) is 2.19. The first-order valence-electron chi connectivity index (χ1n) is 9.88. The Kier molecular flexibility index (Phi) is 5.84. The molecule has 0 aliphatic heterocycles. The van der Waals surface area contributed by atoms with E-state index in [-0.39, 0.29) is 11.8 Å². The lowest BCUT2D eigenvalue weighted by Crippen LogP contribution is -2.26. The SMILES string of the molecule is Cc1cnc(Nc2cccc(C#N)c2)nc1Nc1ccc(CNS(=O)(=O)C2CC2)cc1.